The molecule has 5 nitrogen and oxygen atoms in total. The first-order chi connectivity index (χ1) is 10.1. The monoisotopic (exact) mass is 287 g/mol. The molecule has 3 rings (SSSR count). The van der Waals surface area contributed by atoms with Crippen LogP contribution in [0, 0.1) is 5.92 Å². The molecule has 1 N–H and O–H groups in total. The van der Waals surface area contributed by atoms with Crippen molar-refractivity contribution in [3.8, 4) is 0 Å². The maximum absolute atomic E-state index is 12.3. The van der Waals surface area contributed by atoms with Gasteiger partial charge in [-0.3, -0.25) is 14.5 Å². The highest BCUT2D eigenvalue weighted by atomic mass is 16.4. The predicted octanol–water partition coefficient (Wildman–Crippen LogP) is 2.56. The Morgan fingerprint density at radius 1 is 1.14 bits per heavy atom. The van der Waals surface area contributed by atoms with Gasteiger partial charge in [0.25, 0.3) is 11.8 Å². The summed E-state index contributed by atoms with van der Waals surface area (Å²) in [5, 5.41) is 8.97. The normalized spacial score (nSPS) is 18.4. The molecule has 1 aliphatic carbocycles. The Hall–Kier alpha value is -2.17. The van der Waals surface area contributed by atoms with E-state index >= 15 is 0 Å². The molecule has 0 atom stereocenters. The number of hydrogen-bond acceptors (Lipinski definition) is 3. The molecular weight excluding hydrogens is 270 g/mol. The lowest BCUT2D eigenvalue weighted by Crippen LogP contribution is -2.31. The van der Waals surface area contributed by atoms with Gasteiger partial charge in [-0.15, -0.1) is 0 Å². The maximum Gasteiger partial charge on any atom is 0.335 e. The van der Waals surface area contributed by atoms with Crippen LogP contribution < -0.4 is 0 Å². The van der Waals surface area contributed by atoms with Gasteiger partial charge in [0.05, 0.1) is 16.7 Å². The zero-order valence-corrected chi connectivity index (χ0v) is 11.7. The van der Waals surface area contributed by atoms with Crippen LogP contribution in [-0.2, 0) is 0 Å². The van der Waals surface area contributed by atoms with Gasteiger partial charge < -0.3 is 5.11 Å². The molecule has 0 saturated heterocycles. The molecule has 1 aliphatic heterocycles. The molecule has 0 aromatic heterocycles. The summed E-state index contributed by atoms with van der Waals surface area (Å²) in [6, 6.07) is 4.11. The number of nitrogens with zero attached hydrogens (tertiary/aromatic N) is 1. The van der Waals surface area contributed by atoms with E-state index in [4.69, 9.17) is 5.11 Å². The van der Waals surface area contributed by atoms with Gasteiger partial charge in [0.15, 0.2) is 0 Å². The highest BCUT2D eigenvalue weighted by Crippen LogP contribution is 2.30. The topological polar surface area (TPSA) is 74.7 Å². The van der Waals surface area contributed by atoms with E-state index in [-0.39, 0.29) is 22.9 Å². The van der Waals surface area contributed by atoms with Gasteiger partial charge in [0.2, 0.25) is 0 Å². The molecule has 0 bridgehead atoms. The van der Waals surface area contributed by atoms with E-state index in [1.54, 1.807) is 0 Å². The summed E-state index contributed by atoms with van der Waals surface area (Å²) in [6.45, 7) is 0.430. The van der Waals surface area contributed by atoms with Gasteiger partial charge in [-0.25, -0.2) is 4.79 Å². The van der Waals surface area contributed by atoms with Gasteiger partial charge in [-0.2, -0.15) is 0 Å². The van der Waals surface area contributed by atoms with E-state index in [2.05, 4.69) is 0 Å². The van der Waals surface area contributed by atoms with Gasteiger partial charge in [0, 0.05) is 6.54 Å². The molecular formula is C16H17NO4. The lowest BCUT2D eigenvalue weighted by molar-refractivity contribution is 0.0644. The van der Waals surface area contributed by atoms with Crippen LogP contribution in [0.15, 0.2) is 18.2 Å². The third-order valence-corrected chi connectivity index (χ3v) is 4.45. The van der Waals surface area contributed by atoms with E-state index in [9.17, 15) is 14.4 Å². The second kappa shape index (κ2) is 5.31. The largest absolute Gasteiger partial charge is 0.478 e. The SMILES string of the molecule is O=C(O)c1ccc2c(c1)C(=O)N(CCC1CCCC1)C2=O. The molecule has 1 heterocycles. The van der Waals surface area contributed by atoms with Crippen molar-refractivity contribution in [3.05, 3.63) is 34.9 Å². The first-order valence-corrected chi connectivity index (χ1v) is 7.31. The zero-order chi connectivity index (χ0) is 15.0. The van der Waals surface area contributed by atoms with Gasteiger partial charge in [0.1, 0.15) is 0 Å². The third kappa shape index (κ3) is 2.44. The molecule has 21 heavy (non-hydrogen) atoms. The van der Waals surface area contributed by atoms with Crippen molar-refractivity contribution in [2.45, 2.75) is 32.1 Å². The fourth-order valence-corrected chi connectivity index (χ4v) is 3.24. The molecule has 5 heteroatoms. The van der Waals surface area contributed by atoms with Gasteiger partial charge in [-0.1, -0.05) is 25.7 Å². The minimum absolute atomic E-state index is 0.0348. The van der Waals surface area contributed by atoms with Crippen molar-refractivity contribution in [2.75, 3.05) is 6.54 Å². The van der Waals surface area contributed by atoms with E-state index in [0.717, 1.165) is 6.42 Å². The number of amides is 2. The molecule has 1 aromatic carbocycles. The van der Waals surface area contributed by atoms with Crippen LogP contribution >= 0.6 is 0 Å². The van der Waals surface area contributed by atoms with Crippen LogP contribution in [0.3, 0.4) is 0 Å². The number of hydrogen-bond donors (Lipinski definition) is 1. The Balaban J connectivity index is 1.77. The quantitative estimate of drug-likeness (QED) is 0.864. The number of benzene rings is 1. The van der Waals surface area contributed by atoms with Crippen LogP contribution in [-0.4, -0.2) is 34.3 Å². The molecule has 2 aliphatic rings. The van der Waals surface area contributed by atoms with Crippen molar-refractivity contribution in [3.63, 3.8) is 0 Å². The molecule has 2 amide bonds. The van der Waals surface area contributed by atoms with Crippen LogP contribution in [0.2, 0.25) is 0 Å². The molecule has 1 fully saturated rings. The maximum atomic E-state index is 12.3. The molecule has 0 unspecified atom stereocenters. The minimum atomic E-state index is -1.09. The van der Waals surface area contributed by atoms with Gasteiger partial charge in [-0.05, 0) is 30.5 Å². The summed E-state index contributed by atoms with van der Waals surface area (Å²) in [6.07, 6.45) is 5.65. The predicted molar refractivity (Wildman–Crippen MR) is 75.3 cm³/mol. The Bertz CT molecular complexity index is 617. The molecule has 1 aromatic rings. The van der Waals surface area contributed by atoms with Crippen molar-refractivity contribution < 1.29 is 19.5 Å². The standard InChI is InChI=1S/C16H17NO4/c18-14-12-6-5-11(16(20)21)9-13(12)15(19)17(14)8-7-10-3-1-2-4-10/h5-6,9-10H,1-4,7-8H2,(H,20,21). The highest BCUT2D eigenvalue weighted by Gasteiger charge is 2.36. The van der Waals surface area contributed by atoms with E-state index in [0.29, 0.717) is 18.0 Å². The third-order valence-electron chi connectivity index (χ3n) is 4.45. The molecule has 0 spiro atoms. The van der Waals surface area contributed by atoms with Crippen molar-refractivity contribution >= 4 is 17.8 Å². The summed E-state index contributed by atoms with van der Waals surface area (Å²) in [7, 11) is 0. The lowest BCUT2D eigenvalue weighted by Gasteiger charge is -2.16. The average Bonchev–Trinajstić information content (AvgIpc) is 3.06. The van der Waals surface area contributed by atoms with Crippen molar-refractivity contribution in [2.24, 2.45) is 5.92 Å². The number of aromatic carboxylic acids is 1. The molecule has 0 radical (unpaired) electrons. The smallest absolute Gasteiger partial charge is 0.335 e. The van der Waals surface area contributed by atoms with Crippen molar-refractivity contribution in [1.82, 2.24) is 4.90 Å². The molecule has 1 saturated carbocycles. The van der Waals surface area contributed by atoms with Crippen LogP contribution in [0.1, 0.15) is 63.2 Å². The second-order valence-corrected chi connectivity index (χ2v) is 5.77. The van der Waals surface area contributed by atoms with Crippen LogP contribution in [0.25, 0.3) is 0 Å². The summed E-state index contributed by atoms with van der Waals surface area (Å²) in [5.41, 5.74) is 0.565. The second-order valence-electron chi connectivity index (χ2n) is 5.77. The summed E-state index contributed by atoms with van der Waals surface area (Å²) >= 11 is 0. The van der Waals surface area contributed by atoms with E-state index in [1.165, 1.54) is 48.8 Å². The van der Waals surface area contributed by atoms with Crippen LogP contribution in [0.5, 0.6) is 0 Å². The summed E-state index contributed by atoms with van der Waals surface area (Å²) in [4.78, 5) is 36.8. The van der Waals surface area contributed by atoms with Crippen molar-refractivity contribution in [1.29, 1.82) is 0 Å². The van der Waals surface area contributed by atoms with Gasteiger partial charge >= 0.3 is 5.97 Å². The summed E-state index contributed by atoms with van der Waals surface area (Å²) in [5.74, 6) is -1.16. The Morgan fingerprint density at radius 2 is 1.81 bits per heavy atom. The number of rotatable bonds is 4. The Labute approximate surface area is 122 Å². The fourth-order valence-electron chi connectivity index (χ4n) is 3.24. The first-order valence-electron chi connectivity index (χ1n) is 7.31. The Morgan fingerprint density at radius 3 is 2.48 bits per heavy atom. The average molecular weight is 287 g/mol. The minimum Gasteiger partial charge on any atom is -0.478 e. The molecule has 110 valence electrons. The number of fused-ring (bicyclic) bond motifs is 1. The number of carboxylic acid groups (broad SMARTS) is 1. The van der Waals surface area contributed by atoms with Crippen LogP contribution in [0.4, 0.5) is 0 Å². The number of carbonyl (C=O) groups is 3. The number of imide groups is 1. The Kier molecular flexibility index (Phi) is 3.49. The first kappa shape index (κ1) is 13.8. The number of carboxylic acids is 1. The highest BCUT2D eigenvalue weighted by molar-refractivity contribution is 6.21. The summed E-state index contributed by atoms with van der Waals surface area (Å²) < 4.78 is 0. The fraction of sp³-hybridized carbons (Fsp3) is 0.438. The van der Waals surface area contributed by atoms with E-state index < -0.39 is 5.97 Å². The number of carbonyl (C=O) groups excluding carboxylic acids is 2. The zero-order valence-electron chi connectivity index (χ0n) is 11.7. The lowest BCUT2D eigenvalue weighted by atomic mass is 10.0. The van der Waals surface area contributed by atoms with E-state index in [1.807, 2.05) is 0 Å².